The molecule has 1 aliphatic rings. The van der Waals surface area contributed by atoms with Crippen molar-refractivity contribution < 1.29 is 9.13 Å². The van der Waals surface area contributed by atoms with Crippen molar-refractivity contribution in [3.8, 4) is 11.5 Å². The van der Waals surface area contributed by atoms with Crippen LogP contribution in [0.3, 0.4) is 0 Å². The fourth-order valence-corrected chi connectivity index (χ4v) is 4.16. The molecule has 0 bridgehead atoms. The molecule has 1 aromatic heterocycles. The molecule has 1 saturated carbocycles. The van der Waals surface area contributed by atoms with E-state index in [0.29, 0.717) is 27.5 Å². The van der Waals surface area contributed by atoms with Gasteiger partial charge in [0.15, 0.2) is 0 Å². The minimum absolute atomic E-state index is 0.301. The van der Waals surface area contributed by atoms with Gasteiger partial charge in [-0.2, -0.15) is 0 Å². The number of pyridine rings is 1. The van der Waals surface area contributed by atoms with Crippen molar-refractivity contribution in [2.24, 2.45) is 0 Å². The lowest BCUT2D eigenvalue weighted by atomic mass is 9.86. The number of rotatable bonds is 3. The van der Waals surface area contributed by atoms with Crippen molar-refractivity contribution in [1.29, 1.82) is 0 Å². The SMILES string of the molecule is Fc1ccc(Oc2cc(C3CCCCC3)nc3cc(Cl)cc(Cl)c23)cc1. The third-order valence-electron chi connectivity index (χ3n) is 4.87. The molecule has 2 nitrogen and oxygen atoms in total. The maximum absolute atomic E-state index is 13.2. The molecular weight excluding hydrogens is 372 g/mol. The summed E-state index contributed by atoms with van der Waals surface area (Å²) in [7, 11) is 0. The molecule has 0 atom stereocenters. The van der Waals surface area contributed by atoms with Crippen molar-refractivity contribution in [3.05, 3.63) is 64.0 Å². The topological polar surface area (TPSA) is 22.1 Å². The monoisotopic (exact) mass is 389 g/mol. The maximum Gasteiger partial charge on any atom is 0.140 e. The van der Waals surface area contributed by atoms with Crippen LogP contribution in [-0.4, -0.2) is 4.98 Å². The molecular formula is C21H18Cl2FNO. The normalized spacial score (nSPS) is 15.3. The van der Waals surface area contributed by atoms with Crippen molar-refractivity contribution in [2.45, 2.75) is 38.0 Å². The van der Waals surface area contributed by atoms with Crippen molar-refractivity contribution in [3.63, 3.8) is 0 Å². The number of benzene rings is 2. The molecule has 0 spiro atoms. The number of halogens is 3. The number of nitrogens with zero attached hydrogens (tertiary/aromatic N) is 1. The molecule has 134 valence electrons. The number of aromatic nitrogens is 1. The van der Waals surface area contributed by atoms with Crippen molar-refractivity contribution in [2.75, 3.05) is 0 Å². The summed E-state index contributed by atoms with van der Waals surface area (Å²) in [5.74, 6) is 1.30. The summed E-state index contributed by atoms with van der Waals surface area (Å²) >= 11 is 12.6. The third-order valence-corrected chi connectivity index (χ3v) is 5.39. The van der Waals surface area contributed by atoms with Gasteiger partial charge in [0.05, 0.1) is 15.9 Å². The number of ether oxygens (including phenoxy) is 1. The second-order valence-electron chi connectivity index (χ2n) is 6.72. The Bertz CT molecular complexity index is 937. The predicted octanol–water partition coefficient (Wildman–Crippen LogP) is 7.52. The van der Waals surface area contributed by atoms with Crippen LogP contribution in [0.15, 0.2) is 42.5 Å². The van der Waals surface area contributed by atoms with E-state index in [9.17, 15) is 4.39 Å². The van der Waals surface area contributed by atoms with Crippen LogP contribution in [0.2, 0.25) is 10.0 Å². The van der Waals surface area contributed by atoms with Crippen molar-refractivity contribution in [1.82, 2.24) is 4.98 Å². The summed E-state index contributed by atoms with van der Waals surface area (Å²) in [5.41, 5.74) is 1.73. The van der Waals surface area contributed by atoms with Gasteiger partial charge in [0.1, 0.15) is 17.3 Å². The number of fused-ring (bicyclic) bond motifs is 1. The lowest BCUT2D eigenvalue weighted by Crippen LogP contribution is -2.07. The summed E-state index contributed by atoms with van der Waals surface area (Å²) < 4.78 is 19.3. The largest absolute Gasteiger partial charge is 0.457 e. The zero-order chi connectivity index (χ0) is 18.1. The second-order valence-corrected chi connectivity index (χ2v) is 7.56. The van der Waals surface area contributed by atoms with E-state index in [1.807, 2.05) is 12.1 Å². The Balaban J connectivity index is 1.83. The predicted molar refractivity (Wildman–Crippen MR) is 104 cm³/mol. The Morgan fingerprint density at radius 2 is 1.69 bits per heavy atom. The molecule has 0 amide bonds. The minimum atomic E-state index is -0.301. The molecule has 0 radical (unpaired) electrons. The van der Waals surface area contributed by atoms with Gasteiger partial charge in [-0.05, 0) is 49.2 Å². The summed E-state index contributed by atoms with van der Waals surface area (Å²) in [5, 5.41) is 1.76. The first kappa shape index (κ1) is 17.6. The van der Waals surface area contributed by atoms with Gasteiger partial charge in [-0.3, -0.25) is 4.98 Å². The molecule has 1 fully saturated rings. The molecule has 2 aromatic carbocycles. The maximum atomic E-state index is 13.2. The Hall–Kier alpha value is -1.84. The molecule has 1 aliphatic carbocycles. The Morgan fingerprint density at radius 3 is 2.42 bits per heavy atom. The lowest BCUT2D eigenvalue weighted by molar-refractivity contribution is 0.434. The lowest BCUT2D eigenvalue weighted by Gasteiger charge is -2.22. The first-order chi connectivity index (χ1) is 12.6. The van der Waals surface area contributed by atoms with E-state index in [4.69, 9.17) is 32.9 Å². The molecule has 26 heavy (non-hydrogen) atoms. The molecule has 0 saturated heterocycles. The van der Waals surface area contributed by atoms with Gasteiger partial charge in [0, 0.05) is 22.7 Å². The highest BCUT2D eigenvalue weighted by Gasteiger charge is 2.20. The van der Waals surface area contributed by atoms with Crippen LogP contribution in [-0.2, 0) is 0 Å². The molecule has 1 heterocycles. The van der Waals surface area contributed by atoms with Crippen LogP contribution >= 0.6 is 23.2 Å². The highest BCUT2D eigenvalue weighted by atomic mass is 35.5. The zero-order valence-electron chi connectivity index (χ0n) is 14.1. The summed E-state index contributed by atoms with van der Waals surface area (Å²) in [4.78, 5) is 4.83. The second kappa shape index (κ2) is 7.42. The van der Waals surface area contributed by atoms with E-state index in [0.717, 1.165) is 29.4 Å². The van der Waals surface area contributed by atoms with Gasteiger partial charge in [-0.25, -0.2) is 4.39 Å². The third kappa shape index (κ3) is 3.65. The standard InChI is InChI=1S/C21H18Cl2FNO/c22-14-10-17(23)21-19(11-14)25-18(13-4-2-1-3-5-13)12-20(21)26-16-8-6-15(24)7-9-16/h6-13H,1-5H2. The molecule has 4 rings (SSSR count). The van der Waals surface area contributed by atoms with Gasteiger partial charge in [0.25, 0.3) is 0 Å². The highest BCUT2D eigenvalue weighted by Crippen LogP contribution is 2.40. The summed E-state index contributed by atoms with van der Waals surface area (Å²) in [6, 6.07) is 11.4. The quantitative estimate of drug-likeness (QED) is 0.461. The summed E-state index contributed by atoms with van der Waals surface area (Å²) in [6.45, 7) is 0. The van der Waals surface area contributed by atoms with Crippen LogP contribution in [0.1, 0.15) is 43.7 Å². The zero-order valence-corrected chi connectivity index (χ0v) is 15.7. The Kier molecular flexibility index (Phi) is 5.01. The molecule has 0 N–H and O–H groups in total. The Morgan fingerprint density at radius 1 is 0.962 bits per heavy atom. The van der Waals surface area contributed by atoms with E-state index in [1.165, 1.54) is 31.4 Å². The van der Waals surface area contributed by atoms with E-state index >= 15 is 0 Å². The van der Waals surface area contributed by atoms with E-state index in [-0.39, 0.29) is 5.82 Å². The molecule has 3 aromatic rings. The van der Waals surface area contributed by atoms with Gasteiger partial charge in [-0.1, -0.05) is 42.5 Å². The number of hydrogen-bond donors (Lipinski definition) is 0. The van der Waals surface area contributed by atoms with Crippen LogP contribution < -0.4 is 4.74 Å². The minimum Gasteiger partial charge on any atom is -0.457 e. The van der Waals surface area contributed by atoms with Crippen LogP contribution in [0.25, 0.3) is 10.9 Å². The first-order valence-electron chi connectivity index (χ1n) is 8.83. The highest BCUT2D eigenvalue weighted by molar-refractivity contribution is 6.39. The molecule has 5 heteroatoms. The average Bonchev–Trinajstić information content (AvgIpc) is 2.63. The van der Waals surface area contributed by atoms with Gasteiger partial charge in [0.2, 0.25) is 0 Å². The van der Waals surface area contributed by atoms with Crippen LogP contribution in [0.5, 0.6) is 11.5 Å². The van der Waals surface area contributed by atoms with E-state index < -0.39 is 0 Å². The van der Waals surface area contributed by atoms with Gasteiger partial charge >= 0.3 is 0 Å². The molecule has 0 aliphatic heterocycles. The van der Waals surface area contributed by atoms with Crippen LogP contribution in [0.4, 0.5) is 4.39 Å². The fourth-order valence-electron chi connectivity index (χ4n) is 3.59. The fraction of sp³-hybridized carbons (Fsp3) is 0.286. The van der Waals surface area contributed by atoms with E-state index in [1.54, 1.807) is 18.2 Å². The number of hydrogen-bond acceptors (Lipinski definition) is 2. The average molecular weight is 390 g/mol. The first-order valence-corrected chi connectivity index (χ1v) is 9.59. The van der Waals surface area contributed by atoms with Crippen LogP contribution in [0, 0.1) is 5.82 Å². The summed E-state index contributed by atoms with van der Waals surface area (Å²) in [6.07, 6.45) is 5.97. The molecule has 0 unspecified atom stereocenters. The Labute approximate surface area is 161 Å². The van der Waals surface area contributed by atoms with Crippen molar-refractivity contribution >= 4 is 34.1 Å². The van der Waals surface area contributed by atoms with Gasteiger partial charge in [-0.15, -0.1) is 0 Å². The van der Waals surface area contributed by atoms with E-state index in [2.05, 4.69) is 0 Å². The van der Waals surface area contributed by atoms with Gasteiger partial charge < -0.3 is 4.74 Å². The smallest absolute Gasteiger partial charge is 0.140 e.